The van der Waals surface area contributed by atoms with E-state index in [2.05, 4.69) is 29.8 Å². The number of aliphatic hydroxyl groups is 1. The largest absolute Gasteiger partial charge is 0.506 e. The van der Waals surface area contributed by atoms with Crippen LogP contribution in [0.5, 0.6) is 5.75 Å². The fraction of sp³-hybridized carbons (Fsp3) is 0.533. The van der Waals surface area contributed by atoms with Crippen LogP contribution in [-0.2, 0) is 11.2 Å². The number of anilines is 1. The predicted molar refractivity (Wildman–Crippen MR) is 143 cm³/mol. The Kier molecular flexibility index (Phi) is 7.03. The SMILES string of the molecule is CC(C)(Cc1cccc(C(=O)NC23CC4CC(CC(C4)C2)C3)c1)NC[C@@H](O)c1ccc(O)c(NC=O)c1. The average Bonchev–Trinajstić information content (AvgIpc) is 2.83. The van der Waals surface area contributed by atoms with Gasteiger partial charge >= 0.3 is 0 Å². The van der Waals surface area contributed by atoms with Crippen LogP contribution in [0.25, 0.3) is 0 Å². The second kappa shape index (κ2) is 10.1. The number of benzene rings is 2. The van der Waals surface area contributed by atoms with Gasteiger partial charge in [0.05, 0.1) is 11.8 Å². The van der Waals surface area contributed by atoms with Gasteiger partial charge < -0.3 is 26.2 Å². The Hall–Kier alpha value is -2.90. The quantitative estimate of drug-likeness (QED) is 0.244. The van der Waals surface area contributed by atoms with Crippen molar-refractivity contribution in [3.63, 3.8) is 0 Å². The molecule has 7 heteroatoms. The number of aliphatic hydroxyl groups excluding tert-OH is 1. The number of hydrogen-bond donors (Lipinski definition) is 5. The molecule has 37 heavy (non-hydrogen) atoms. The van der Waals surface area contributed by atoms with E-state index >= 15 is 0 Å². The van der Waals surface area contributed by atoms with Gasteiger partial charge in [0.2, 0.25) is 6.41 Å². The zero-order chi connectivity index (χ0) is 26.2. The maximum Gasteiger partial charge on any atom is 0.251 e. The molecule has 2 aromatic rings. The molecule has 0 radical (unpaired) electrons. The number of phenolic OH excluding ortho intramolecular Hbond substituents is 1. The number of rotatable bonds is 10. The zero-order valence-electron chi connectivity index (χ0n) is 21.8. The summed E-state index contributed by atoms with van der Waals surface area (Å²) in [4.78, 5) is 24.1. The lowest BCUT2D eigenvalue weighted by atomic mass is 9.53. The molecule has 1 atom stereocenters. The number of amides is 2. The van der Waals surface area contributed by atoms with Crippen LogP contribution < -0.4 is 16.0 Å². The zero-order valence-corrected chi connectivity index (χ0v) is 21.8. The number of hydrogen-bond acceptors (Lipinski definition) is 5. The monoisotopic (exact) mass is 505 g/mol. The lowest BCUT2D eigenvalue weighted by Gasteiger charge is -2.56. The molecule has 4 bridgehead atoms. The van der Waals surface area contributed by atoms with E-state index < -0.39 is 6.10 Å². The van der Waals surface area contributed by atoms with E-state index in [0.29, 0.717) is 30.5 Å². The standard InChI is InChI=1S/C30H39N3O4/c1-29(2,32-17-27(36)23-6-7-26(35)25(12-23)31-18-34)13-19-4-3-5-24(11-19)28(37)33-30-14-20-8-21(15-30)10-22(9-20)16-30/h3-7,11-12,18,20-22,27,32,35-36H,8-10,13-17H2,1-2H3,(H,31,34)(H,33,37)/t20?,21?,22?,27-,30?/m1/s1. The van der Waals surface area contributed by atoms with Crippen molar-refractivity contribution in [3.8, 4) is 5.75 Å². The van der Waals surface area contributed by atoms with Crippen LogP contribution in [0, 0.1) is 17.8 Å². The molecule has 4 aliphatic carbocycles. The summed E-state index contributed by atoms with van der Waals surface area (Å²) in [7, 11) is 0. The van der Waals surface area contributed by atoms with E-state index in [1.165, 1.54) is 25.3 Å². The van der Waals surface area contributed by atoms with Gasteiger partial charge in [-0.25, -0.2) is 0 Å². The molecule has 4 fully saturated rings. The molecule has 0 unspecified atom stereocenters. The maximum absolute atomic E-state index is 13.3. The lowest BCUT2D eigenvalue weighted by Crippen LogP contribution is -2.59. The van der Waals surface area contributed by atoms with E-state index in [0.717, 1.165) is 42.6 Å². The second-order valence-electron chi connectivity index (χ2n) is 12.3. The Morgan fingerprint density at radius 1 is 1.08 bits per heavy atom. The Morgan fingerprint density at radius 2 is 1.76 bits per heavy atom. The first-order valence-corrected chi connectivity index (χ1v) is 13.5. The highest BCUT2D eigenvalue weighted by atomic mass is 16.3. The average molecular weight is 506 g/mol. The number of phenols is 1. The maximum atomic E-state index is 13.3. The molecule has 0 spiro atoms. The number of nitrogens with one attached hydrogen (secondary N) is 3. The van der Waals surface area contributed by atoms with Gasteiger partial charge in [-0.3, -0.25) is 9.59 Å². The Labute approximate surface area is 219 Å². The third kappa shape index (κ3) is 5.83. The third-order valence-corrected chi connectivity index (χ3v) is 8.65. The summed E-state index contributed by atoms with van der Waals surface area (Å²) in [5.41, 5.74) is 2.28. The van der Waals surface area contributed by atoms with Crippen molar-refractivity contribution in [2.75, 3.05) is 11.9 Å². The summed E-state index contributed by atoms with van der Waals surface area (Å²) in [6.45, 7) is 4.43. The van der Waals surface area contributed by atoms with Crippen molar-refractivity contribution in [3.05, 3.63) is 59.2 Å². The van der Waals surface area contributed by atoms with Gasteiger partial charge in [-0.1, -0.05) is 18.2 Å². The Bertz CT molecular complexity index is 1130. The van der Waals surface area contributed by atoms with Crippen LogP contribution >= 0.6 is 0 Å². The molecule has 0 saturated heterocycles. The van der Waals surface area contributed by atoms with Crippen molar-refractivity contribution in [1.29, 1.82) is 0 Å². The van der Waals surface area contributed by atoms with Gasteiger partial charge in [0.15, 0.2) is 0 Å². The van der Waals surface area contributed by atoms with E-state index in [1.807, 2.05) is 24.3 Å². The van der Waals surface area contributed by atoms with Crippen LogP contribution in [0.2, 0.25) is 0 Å². The van der Waals surface area contributed by atoms with Gasteiger partial charge in [0, 0.05) is 23.2 Å². The lowest BCUT2D eigenvalue weighted by molar-refractivity contribution is -0.105. The molecule has 0 heterocycles. The first-order valence-electron chi connectivity index (χ1n) is 13.5. The van der Waals surface area contributed by atoms with Gasteiger partial charge in [0.25, 0.3) is 5.91 Å². The van der Waals surface area contributed by atoms with Gasteiger partial charge in [-0.05, 0) is 112 Å². The van der Waals surface area contributed by atoms with Crippen molar-refractivity contribution in [1.82, 2.24) is 10.6 Å². The van der Waals surface area contributed by atoms with Gasteiger partial charge in [-0.15, -0.1) is 0 Å². The molecule has 4 aliphatic rings. The van der Waals surface area contributed by atoms with Crippen LogP contribution in [0.1, 0.15) is 80.0 Å². The fourth-order valence-corrected chi connectivity index (χ4v) is 7.40. The number of carbonyl (C=O) groups is 2. The molecule has 6 rings (SSSR count). The molecule has 4 saturated carbocycles. The van der Waals surface area contributed by atoms with Crippen LogP contribution in [-0.4, -0.2) is 40.2 Å². The van der Waals surface area contributed by atoms with Crippen molar-refractivity contribution in [2.45, 2.75) is 76.0 Å². The first kappa shape index (κ1) is 25.7. The highest BCUT2D eigenvalue weighted by Gasteiger charge is 2.51. The van der Waals surface area contributed by atoms with E-state index in [9.17, 15) is 19.8 Å². The number of carbonyl (C=O) groups excluding carboxylic acids is 2. The Morgan fingerprint density at radius 3 is 2.41 bits per heavy atom. The van der Waals surface area contributed by atoms with Crippen molar-refractivity contribution in [2.24, 2.45) is 17.8 Å². The summed E-state index contributed by atoms with van der Waals surface area (Å²) in [5, 5.41) is 29.9. The molecule has 198 valence electrons. The van der Waals surface area contributed by atoms with E-state index in [4.69, 9.17) is 0 Å². The molecule has 0 aromatic heterocycles. The first-order chi connectivity index (χ1) is 17.6. The fourth-order valence-electron chi connectivity index (χ4n) is 7.40. The summed E-state index contributed by atoms with van der Waals surface area (Å²) < 4.78 is 0. The minimum Gasteiger partial charge on any atom is -0.506 e. The highest BCUT2D eigenvalue weighted by molar-refractivity contribution is 5.95. The molecular weight excluding hydrogens is 466 g/mol. The molecule has 7 nitrogen and oxygen atoms in total. The van der Waals surface area contributed by atoms with E-state index in [-0.39, 0.29) is 28.4 Å². The Balaban J connectivity index is 1.19. The molecule has 0 aliphatic heterocycles. The number of aromatic hydroxyl groups is 1. The molecular formula is C30H39N3O4. The van der Waals surface area contributed by atoms with Crippen molar-refractivity contribution < 1.29 is 19.8 Å². The van der Waals surface area contributed by atoms with E-state index in [1.54, 1.807) is 12.1 Å². The minimum absolute atomic E-state index is 0.00582. The minimum atomic E-state index is -0.815. The predicted octanol–water partition coefficient (Wildman–Crippen LogP) is 4.30. The van der Waals surface area contributed by atoms with Crippen LogP contribution in [0.3, 0.4) is 0 Å². The summed E-state index contributed by atoms with van der Waals surface area (Å²) in [6, 6.07) is 12.5. The number of β-amino-alcohol motifs (C(OH)–C–C–N with tert-alkyl or cyclic N) is 1. The summed E-state index contributed by atoms with van der Waals surface area (Å²) in [6.07, 6.45) is 7.83. The molecule has 2 aromatic carbocycles. The van der Waals surface area contributed by atoms with Gasteiger partial charge in [0.1, 0.15) is 5.75 Å². The molecule has 5 N–H and O–H groups in total. The highest BCUT2D eigenvalue weighted by Crippen LogP contribution is 2.55. The smallest absolute Gasteiger partial charge is 0.251 e. The van der Waals surface area contributed by atoms with Gasteiger partial charge in [-0.2, -0.15) is 0 Å². The van der Waals surface area contributed by atoms with Crippen molar-refractivity contribution >= 4 is 18.0 Å². The topological polar surface area (TPSA) is 111 Å². The normalized spacial score (nSPS) is 27.1. The second-order valence-corrected chi connectivity index (χ2v) is 12.3. The van der Waals surface area contributed by atoms with Crippen LogP contribution in [0.15, 0.2) is 42.5 Å². The third-order valence-electron chi connectivity index (χ3n) is 8.65. The summed E-state index contributed by atoms with van der Waals surface area (Å²) >= 11 is 0. The van der Waals surface area contributed by atoms with Crippen LogP contribution in [0.4, 0.5) is 5.69 Å². The summed E-state index contributed by atoms with van der Waals surface area (Å²) in [5.74, 6) is 2.35. The molecule has 2 amide bonds.